The first-order valence-corrected chi connectivity index (χ1v) is 5.79. The molecule has 19 heavy (non-hydrogen) atoms. The monoisotopic (exact) mass is 260 g/mol. The normalized spacial score (nSPS) is 9.47. The lowest BCUT2D eigenvalue weighted by atomic mass is 10.2. The molecule has 0 saturated heterocycles. The zero-order chi connectivity index (χ0) is 14.1. The van der Waals surface area contributed by atoms with Crippen molar-refractivity contribution in [2.24, 2.45) is 0 Å². The first-order chi connectivity index (χ1) is 9.13. The van der Waals surface area contributed by atoms with Crippen molar-refractivity contribution in [1.82, 2.24) is 0 Å². The molecule has 4 nitrogen and oxygen atoms in total. The lowest BCUT2D eigenvalue weighted by Gasteiger charge is -2.06. The standard InChI is InChI=1S/C15H16O4/c1-3-9-18-15(17)12(2)10-14(16)19-11-13-7-5-4-6-8-13/h3-8H,1-2,9-11H2. The van der Waals surface area contributed by atoms with Gasteiger partial charge in [0, 0.05) is 5.57 Å². The molecule has 0 N–H and O–H groups in total. The van der Waals surface area contributed by atoms with Gasteiger partial charge in [0.2, 0.25) is 0 Å². The lowest BCUT2D eigenvalue weighted by Crippen LogP contribution is -2.13. The van der Waals surface area contributed by atoms with Crippen molar-refractivity contribution in [2.45, 2.75) is 13.0 Å². The zero-order valence-electron chi connectivity index (χ0n) is 10.6. The minimum atomic E-state index is -0.614. The second-order valence-corrected chi connectivity index (χ2v) is 3.81. The van der Waals surface area contributed by atoms with Gasteiger partial charge in [0.25, 0.3) is 0 Å². The number of hydrogen-bond donors (Lipinski definition) is 0. The van der Waals surface area contributed by atoms with Crippen molar-refractivity contribution in [1.29, 1.82) is 0 Å². The number of carbonyl (C=O) groups is 2. The van der Waals surface area contributed by atoms with Crippen LogP contribution < -0.4 is 0 Å². The summed E-state index contributed by atoms with van der Waals surface area (Å²) >= 11 is 0. The third-order valence-corrected chi connectivity index (χ3v) is 2.22. The van der Waals surface area contributed by atoms with Crippen LogP contribution >= 0.6 is 0 Å². The Morgan fingerprint density at radius 3 is 2.47 bits per heavy atom. The van der Waals surface area contributed by atoms with Crippen LogP contribution in [0.25, 0.3) is 0 Å². The van der Waals surface area contributed by atoms with Crippen LogP contribution in [0.2, 0.25) is 0 Å². The van der Waals surface area contributed by atoms with Gasteiger partial charge in [0.15, 0.2) is 0 Å². The molecular formula is C15H16O4. The molecule has 100 valence electrons. The summed E-state index contributed by atoms with van der Waals surface area (Å²) in [6.07, 6.45) is 1.27. The van der Waals surface area contributed by atoms with Crippen LogP contribution in [-0.4, -0.2) is 18.5 Å². The Kier molecular flexibility index (Phi) is 6.09. The SMILES string of the molecule is C=CCOC(=O)C(=C)CC(=O)OCc1ccccc1. The van der Waals surface area contributed by atoms with Crippen molar-refractivity contribution in [3.05, 3.63) is 60.7 Å². The lowest BCUT2D eigenvalue weighted by molar-refractivity contribution is -0.146. The van der Waals surface area contributed by atoms with E-state index >= 15 is 0 Å². The summed E-state index contributed by atoms with van der Waals surface area (Å²) in [7, 11) is 0. The van der Waals surface area contributed by atoms with Crippen molar-refractivity contribution in [3.63, 3.8) is 0 Å². The van der Waals surface area contributed by atoms with Gasteiger partial charge >= 0.3 is 11.9 Å². The second kappa shape index (κ2) is 7.87. The fourth-order valence-electron chi connectivity index (χ4n) is 1.27. The van der Waals surface area contributed by atoms with Gasteiger partial charge in [-0.05, 0) is 5.56 Å². The van der Waals surface area contributed by atoms with E-state index < -0.39 is 11.9 Å². The van der Waals surface area contributed by atoms with Gasteiger partial charge in [-0.1, -0.05) is 49.6 Å². The summed E-state index contributed by atoms with van der Waals surface area (Å²) < 4.78 is 9.78. The molecule has 0 saturated carbocycles. The Morgan fingerprint density at radius 2 is 1.84 bits per heavy atom. The number of carbonyl (C=O) groups excluding carboxylic acids is 2. The first-order valence-electron chi connectivity index (χ1n) is 5.79. The van der Waals surface area contributed by atoms with E-state index in [1.807, 2.05) is 30.3 Å². The van der Waals surface area contributed by atoms with Crippen molar-refractivity contribution < 1.29 is 19.1 Å². The van der Waals surface area contributed by atoms with Crippen LogP contribution in [0.15, 0.2) is 55.1 Å². The quantitative estimate of drug-likeness (QED) is 0.429. The van der Waals surface area contributed by atoms with Crippen molar-refractivity contribution in [3.8, 4) is 0 Å². The molecule has 0 heterocycles. The molecule has 1 aromatic carbocycles. The molecule has 1 rings (SSSR count). The van der Waals surface area contributed by atoms with Gasteiger partial charge in [-0.25, -0.2) is 4.79 Å². The van der Waals surface area contributed by atoms with Gasteiger partial charge in [-0.2, -0.15) is 0 Å². The Hall–Kier alpha value is -2.36. The van der Waals surface area contributed by atoms with Crippen molar-refractivity contribution >= 4 is 11.9 Å². The van der Waals surface area contributed by atoms with Gasteiger partial charge in [-0.3, -0.25) is 4.79 Å². The van der Waals surface area contributed by atoms with E-state index in [4.69, 9.17) is 9.47 Å². The van der Waals surface area contributed by atoms with E-state index in [-0.39, 0.29) is 25.2 Å². The predicted octanol–water partition coefficient (Wildman–Crippen LogP) is 2.41. The Labute approximate surface area is 112 Å². The predicted molar refractivity (Wildman–Crippen MR) is 71.2 cm³/mol. The minimum absolute atomic E-state index is 0.0694. The Morgan fingerprint density at radius 1 is 1.16 bits per heavy atom. The van der Waals surface area contributed by atoms with E-state index in [0.717, 1.165) is 5.56 Å². The van der Waals surface area contributed by atoms with Gasteiger partial charge < -0.3 is 9.47 Å². The summed E-state index contributed by atoms with van der Waals surface area (Å²) in [5.41, 5.74) is 0.954. The molecule has 0 bridgehead atoms. The largest absolute Gasteiger partial charge is 0.461 e. The highest BCUT2D eigenvalue weighted by atomic mass is 16.5. The highest BCUT2D eigenvalue weighted by molar-refractivity contribution is 5.93. The van der Waals surface area contributed by atoms with Gasteiger partial charge in [-0.15, -0.1) is 0 Å². The van der Waals surface area contributed by atoms with Gasteiger partial charge in [0.05, 0.1) is 6.42 Å². The van der Waals surface area contributed by atoms with Crippen LogP contribution in [0.1, 0.15) is 12.0 Å². The summed E-state index contributed by atoms with van der Waals surface area (Å²) in [5, 5.41) is 0. The van der Waals surface area contributed by atoms with Crippen LogP contribution in [0.4, 0.5) is 0 Å². The summed E-state index contributed by atoms with van der Waals surface area (Å²) in [6.45, 7) is 7.18. The number of ether oxygens (including phenoxy) is 2. The Balaban J connectivity index is 2.33. The fourth-order valence-corrected chi connectivity index (χ4v) is 1.27. The van der Waals surface area contributed by atoms with Crippen LogP contribution in [0.5, 0.6) is 0 Å². The molecule has 0 unspecified atom stereocenters. The smallest absolute Gasteiger partial charge is 0.334 e. The maximum Gasteiger partial charge on any atom is 0.334 e. The molecule has 0 spiro atoms. The molecule has 0 atom stereocenters. The molecule has 0 aliphatic carbocycles. The van der Waals surface area contributed by atoms with Crippen LogP contribution in [0, 0.1) is 0 Å². The summed E-state index contributed by atoms with van der Waals surface area (Å²) in [6, 6.07) is 9.28. The highest BCUT2D eigenvalue weighted by Gasteiger charge is 2.13. The third-order valence-electron chi connectivity index (χ3n) is 2.22. The number of benzene rings is 1. The van der Waals surface area contributed by atoms with E-state index in [1.165, 1.54) is 6.08 Å². The summed E-state index contributed by atoms with van der Waals surface area (Å²) in [5.74, 6) is -1.12. The van der Waals surface area contributed by atoms with E-state index in [0.29, 0.717) is 0 Å². The molecule has 0 aromatic heterocycles. The molecule has 0 fully saturated rings. The molecule has 4 heteroatoms. The number of esters is 2. The van der Waals surface area contributed by atoms with Crippen LogP contribution in [-0.2, 0) is 25.7 Å². The highest BCUT2D eigenvalue weighted by Crippen LogP contribution is 2.06. The molecule has 0 aliphatic rings. The molecule has 0 amide bonds. The first kappa shape index (κ1) is 14.7. The Bertz CT molecular complexity index is 462. The molecule has 1 aromatic rings. The molecular weight excluding hydrogens is 244 g/mol. The third kappa shape index (κ3) is 5.68. The number of hydrogen-bond acceptors (Lipinski definition) is 4. The van der Waals surface area contributed by atoms with Gasteiger partial charge in [0.1, 0.15) is 13.2 Å². The van der Waals surface area contributed by atoms with Crippen LogP contribution in [0.3, 0.4) is 0 Å². The molecule has 0 aliphatic heterocycles. The second-order valence-electron chi connectivity index (χ2n) is 3.81. The number of rotatable bonds is 7. The summed E-state index contributed by atoms with van der Waals surface area (Å²) in [4.78, 5) is 22.8. The topological polar surface area (TPSA) is 52.6 Å². The zero-order valence-corrected chi connectivity index (χ0v) is 10.6. The average molecular weight is 260 g/mol. The van der Waals surface area contributed by atoms with Crippen molar-refractivity contribution in [2.75, 3.05) is 6.61 Å². The maximum absolute atomic E-state index is 11.5. The average Bonchev–Trinajstić information content (AvgIpc) is 2.43. The van der Waals surface area contributed by atoms with E-state index in [9.17, 15) is 9.59 Å². The van der Waals surface area contributed by atoms with E-state index in [1.54, 1.807) is 0 Å². The van der Waals surface area contributed by atoms with E-state index in [2.05, 4.69) is 13.2 Å². The molecule has 0 radical (unpaired) electrons. The fraction of sp³-hybridized carbons (Fsp3) is 0.200. The minimum Gasteiger partial charge on any atom is -0.461 e. The maximum atomic E-state index is 11.5.